The molecule has 14 heteroatoms. The molecule has 0 saturated carbocycles. The molecule has 0 aliphatic carbocycles. The van der Waals surface area contributed by atoms with Crippen molar-refractivity contribution in [3.8, 4) is 0 Å². The van der Waals surface area contributed by atoms with Gasteiger partial charge in [-0.2, -0.15) is 0 Å². The molecule has 0 N–H and O–H groups in total. The summed E-state index contributed by atoms with van der Waals surface area (Å²) in [7, 11) is -3.69. The zero-order valence-corrected chi connectivity index (χ0v) is 6.95. The van der Waals surface area contributed by atoms with Gasteiger partial charge >= 0.3 is 48.8 Å². The van der Waals surface area contributed by atoms with Gasteiger partial charge in [-0.3, -0.25) is 0 Å². The first kappa shape index (κ1) is 14.0. The maximum atomic E-state index is 12.5. The molecule has 0 rings (SSSR count). The molecule has 0 fully saturated rings. The van der Waals surface area contributed by atoms with Gasteiger partial charge in [0.15, 0.2) is 0 Å². The van der Waals surface area contributed by atoms with Crippen LogP contribution in [0, 0.1) is 0 Å². The predicted octanol–water partition coefficient (Wildman–Crippen LogP) is -0.260. The highest BCUT2D eigenvalue weighted by molar-refractivity contribution is 7.76. The van der Waals surface area contributed by atoms with Gasteiger partial charge in [0.2, 0.25) is 0 Å². The molecule has 0 spiro atoms. The summed E-state index contributed by atoms with van der Waals surface area (Å²) in [6.07, 6.45) is 0. The van der Waals surface area contributed by atoms with E-state index in [1.54, 1.807) is 0 Å². The summed E-state index contributed by atoms with van der Waals surface area (Å²) in [6, 6.07) is 0. The first-order valence-electron chi connectivity index (χ1n) is 3.78. The van der Waals surface area contributed by atoms with Crippen LogP contribution in [-0.2, 0) is 0 Å². The van der Waals surface area contributed by atoms with Crippen LogP contribution < -0.4 is 0 Å². The Morgan fingerprint density at radius 3 is 1.07 bits per heavy atom. The Balaban J connectivity index is 4.22. The quantitative estimate of drug-likeness (QED) is 0.419. The Kier molecular flexibility index (Phi) is 6.43. The van der Waals surface area contributed by atoms with E-state index in [1.165, 1.54) is 0 Å². The first-order chi connectivity index (χ1) is 6.45. The standard InChI is InChI=1S/B7F7H2/c8-1-3(10)5(12)7(14)6(13)4(11)2-9/h1-2H. The largest absolute Gasteiger partial charge is 0.352 e. The van der Waals surface area contributed by atoms with E-state index in [9.17, 15) is 30.2 Å². The second kappa shape index (κ2) is 6.45. The number of hydrogen-bond donors (Lipinski definition) is 0. The Hall–Kier alpha value is -0.0355. The maximum absolute atomic E-state index is 12.5. The zero-order valence-electron chi connectivity index (χ0n) is 6.95. The SMILES string of the molecule is FBB(F)B(F)B(F)B(F)B(F)BF. The molecule has 0 aromatic rings. The number of halogens is 7. The van der Waals surface area contributed by atoms with E-state index in [0.29, 0.717) is 0 Å². The van der Waals surface area contributed by atoms with Crippen LogP contribution in [0.1, 0.15) is 0 Å². The summed E-state index contributed by atoms with van der Waals surface area (Å²) in [6.45, 7) is -15.2. The van der Waals surface area contributed by atoms with E-state index in [-0.39, 0.29) is 0 Å². The molecule has 0 heterocycles. The Labute approximate surface area is 79.9 Å². The molecule has 0 amide bonds. The van der Waals surface area contributed by atoms with Crippen LogP contribution in [0.5, 0.6) is 0 Å². The molecule has 0 aliphatic rings. The van der Waals surface area contributed by atoms with Crippen molar-refractivity contribution >= 4 is 48.8 Å². The smallest absolute Gasteiger partial charge is 0.350 e. The summed E-state index contributed by atoms with van der Waals surface area (Å²) in [5.74, 6) is 0. The fourth-order valence-corrected chi connectivity index (χ4v) is 0.745. The maximum Gasteiger partial charge on any atom is 0.352 e. The zero-order chi connectivity index (χ0) is 11.3. The minimum atomic E-state index is -3.20. The lowest BCUT2D eigenvalue weighted by molar-refractivity contribution is 0.787. The molecule has 0 bridgehead atoms. The minimum Gasteiger partial charge on any atom is -0.350 e. The van der Waals surface area contributed by atoms with Crippen LogP contribution >= 0.6 is 0 Å². The van der Waals surface area contributed by atoms with Crippen LogP contribution in [0.3, 0.4) is 0 Å². The predicted molar refractivity (Wildman–Crippen MR) is 50.8 cm³/mol. The highest BCUT2D eigenvalue weighted by Gasteiger charge is 2.55. The third-order valence-corrected chi connectivity index (χ3v) is 1.59. The fourth-order valence-electron chi connectivity index (χ4n) is 0.745. The van der Waals surface area contributed by atoms with Crippen molar-refractivity contribution < 1.29 is 30.2 Å². The molecular formula is H2B7F7. The lowest BCUT2D eigenvalue weighted by atomic mass is 8.87. The van der Waals surface area contributed by atoms with E-state index >= 15 is 0 Å². The van der Waals surface area contributed by atoms with Gasteiger partial charge in [0, 0.05) is 0 Å². The van der Waals surface area contributed by atoms with Crippen LogP contribution in [0.2, 0.25) is 0 Å². The van der Waals surface area contributed by atoms with Crippen molar-refractivity contribution in [1.29, 1.82) is 0 Å². The molecule has 0 aliphatic heterocycles. The second-order valence-corrected chi connectivity index (χ2v) is 2.67. The Morgan fingerprint density at radius 2 is 0.857 bits per heavy atom. The van der Waals surface area contributed by atoms with Gasteiger partial charge in [0.1, 0.15) is 0 Å². The van der Waals surface area contributed by atoms with E-state index in [1.807, 2.05) is 0 Å². The van der Waals surface area contributed by atoms with Gasteiger partial charge in [-0.15, -0.1) is 0 Å². The molecule has 14 heavy (non-hydrogen) atoms. The van der Waals surface area contributed by atoms with Crippen molar-refractivity contribution in [3.05, 3.63) is 0 Å². The average Bonchev–Trinajstić information content (AvgIpc) is 2.23. The van der Waals surface area contributed by atoms with Crippen molar-refractivity contribution in [2.24, 2.45) is 0 Å². The van der Waals surface area contributed by atoms with Crippen molar-refractivity contribution in [1.82, 2.24) is 0 Å². The summed E-state index contributed by atoms with van der Waals surface area (Å²) >= 11 is 0. The van der Waals surface area contributed by atoms with E-state index in [4.69, 9.17) is 0 Å². The molecule has 72 valence electrons. The monoisotopic (exact) mass is 212 g/mol. The van der Waals surface area contributed by atoms with Crippen LogP contribution in [0.25, 0.3) is 0 Å². The highest BCUT2D eigenvalue weighted by Crippen LogP contribution is 2.08. The normalized spacial score (nSPS) is 9.07. The van der Waals surface area contributed by atoms with Crippen LogP contribution in [0.4, 0.5) is 30.2 Å². The highest BCUT2D eigenvalue weighted by atomic mass is 19.2. The lowest BCUT2D eigenvalue weighted by Gasteiger charge is -2.08. The molecule has 0 saturated heterocycles. The molecule has 0 aromatic carbocycles. The lowest BCUT2D eigenvalue weighted by Crippen LogP contribution is -2.56. The third-order valence-electron chi connectivity index (χ3n) is 1.59. The fraction of sp³-hybridized carbons (Fsp3) is 0. The van der Waals surface area contributed by atoms with E-state index < -0.39 is 48.8 Å². The molecule has 0 unspecified atom stereocenters. The number of hydrogen-bond acceptors (Lipinski definition) is 0. The summed E-state index contributed by atoms with van der Waals surface area (Å²) in [4.78, 5) is 0. The molecule has 0 radical (unpaired) electrons. The van der Waals surface area contributed by atoms with Crippen LogP contribution in [0.15, 0.2) is 0 Å². The van der Waals surface area contributed by atoms with Gasteiger partial charge in [0.25, 0.3) is 0 Å². The summed E-state index contributed by atoms with van der Waals surface area (Å²) in [5.41, 5.74) is 0. The van der Waals surface area contributed by atoms with Gasteiger partial charge < -0.3 is 30.2 Å². The van der Waals surface area contributed by atoms with E-state index in [0.717, 1.165) is 0 Å². The Morgan fingerprint density at radius 1 is 0.571 bits per heavy atom. The third kappa shape index (κ3) is 3.61. The van der Waals surface area contributed by atoms with Gasteiger partial charge in [-0.25, -0.2) is 0 Å². The molecular weight excluding hydrogens is 209 g/mol. The van der Waals surface area contributed by atoms with Crippen molar-refractivity contribution in [2.45, 2.75) is 0 Å². The molecule has 0 nitrogen and oxygen atoms in total. The summed E-state index contributed by atoms with van der Waals surface area (Å²) < 4.78 is 84.5. The van der Waals surface area contributed by atoms with Crippen molar-refractivity contribution in [3.63, 3.8) is 0 Å². The summed E-state index contributed by atoms with van der Waals surface area (Å²) in [5, 5.41) is 0. The topological polar surface area (TPSA) is 0 Å². The van der Waals surface area contributed by atoms with Crippen LogP contribution in [-0.4, -0.2) is 48.8 Å². The Bertz CT molecular complexity index is 137. The van der Waals surface area contributed by atoms with Crippen molar-refractivity contribution in [2.75, 3.05) is 0 Å². The minimum absolute atomic E-state index is 1.85. The number of rotatable bonds is 6. The molecule has 0 aromatic heterocycles. The second-order valence-electron chi connectivity index (χ2n) is 2.67. The van der Waals surface area contributed by atoms with Gasteiger partial charge in [0.05, 0.1) is 0 Å². The molecule has 0 atom stereocenters. The van der Waals surface area contributed by atoms with E-state index in [2.05, 4.69) is 0 Å². The first-order valence-corrected chi connectivity index (χ1v) is 3.78. The van der Waals surface area contributed by atoms with Gasteiger partial charge in [-0.05, 0) is 0 Å². The average molecular weight is 211 g/mol. The van der Waals surface area contributed by atoms with Gasteiger partial charge in [-0.1, -0.05) is 0 Å².